The molecule has 4 aliphatic rings. The third-order valence-electron chi connectivity index (χ3n) is 9.62. The number of primary amides is 1. The first-order valence-electron chi connectivity index (χ1n) is 14.1. The van der Waals surface area contributed by atoms with Crippen LogP contribution in [-0.4, -0.2) is 88.4 Å². The van der Waals surface area contributed by atoms with Crippen LogP contribution in [0.5, 0.6) is 5.75 Å². The van der Waals surface area contributed by atoms with E-state index in [4.69, 9.17) is 5.73 Å². The van der Waals surface area contributed by atoms with Crippen LogP contribution < -0.4 is 16.4 Å². The Morgan fingerprint density at radius 1 is 1.14 bits per heavy atom. The smallest absolute Gasteiger partial charge is 0.238 e. The molecule has 12 nitrogen and oxygen atoms in total. The van der Waals surface area contributed by atoms with Crippen molar-refractivity contribution in [2.45, 2.75) is 63.1 Å². The summed E-state index contributed by atoms with van der Waals surface area (Å²) in [5.41, 5.74) is 0.0194. The second kappa shape index (κ2) is 10.3. The fraction of sp³-hybridized carbons (Fsp3) is 0.586. The Balaban J connectivity index is 1.53. The van der Waals surface area contributed by atoms with Gasteiger partial charge in [0, 0.05) is 23.6 Å². The standard InChI is InChI=1S/C29H35FN4O8/c1-28-9-13-15(30)8-16(33-17(35)11-32-12-6-4-5-7-12)22(36)18(13)23(37)20(28)26(40)29(42)14(10-28)21(34(2)3)24(38)19(25(29)39)27(31)41/h8,12,14,19-21,32,36,42H,4-7,9-11H2,1-3H3,(H2,31,41)(H,33,35). The number of nitrogens with zero attached hydrogens (tertiary/aromatic N) is 1. The summed E-state index contributed by atoms with van der Waals surface area (Å²) in [5.74, 6) is -13.2. The topological polar surface area (TPSA) is 196 Å². The summed E-state index contributed by atoms with van der Waals surface area (Å²) in [6, 6.07) is -0.181. The van der Waals surface area contributed by atoms with Gasteiger partial charge in [-0.25, -0.2) is 4.39 Å². The number of nitrogens with two attached hydrogens (primary N) is 1. The quantitative estimate of drug-likeness (QED) is 0.221. The zero-order valence-electron chi connectivity index (χ0n) is 23.7. The minimum atomic E-state index is -2.90. The highest BCUT2D eigenvalue weighted by Gasteiger charge is 2.71. The Morgan fingerprint density at radius 3 is 2.38 bits per heavy atom. The van der Waals surface area contributed by atoms with Crippen molar-refractivity contribution >= 4 is 40.6 Å². The average molecular weight is 587 g/mol. The third-order valence-corrected chi connectivity index (χ3v) is 9.62. The van der Waals surface area contributed by atoms with Gasteiger partial charge >= 0.3 is 0 Å². The van der Waals surface area contributed by atoms with Gasteiger partial charge in [0.25, 0.3) is 0 Å². The molecule has 6 unspecified atom stereocenters. The Hall–Kier alpha value is -3.55. The molecule has 2 amide bonds. The maximum Gasteiger partial charge on any atom is 0.238 e. The van der Waals surface area contributed by atoms with Crippen LogP contribution in [0.3, 0.4) is 0 Å². The molecule has 0 saturated heterocycles. The Labute approximate surface area is 241 Å². The number of aliphatic hydroxyl groups is 1. The molecule has 0 aliphatic heterocycles. The minimum Gasteiger partial charge on any atom is -0.505 e. The van der Waals surface area contributed by atoms with E-state index in [1.54, 1.807) is 0 Å². The maximum absolute atomic E-state index is 15.5. The number of fused-ring (bicyclic) bond motifs is 3. The number of carbonyl (C=O) groups excluding carboxylic acids is 6. The van der Waals surface area contributed by atoms with E-state index in [1.807, 2.05) is 0 Å². The number of halogens is 1. The summed E-state index contributed by atoms with van der Waals surface area (Å²) in [4.78, 5) is 80.7. The monoisotopic (exact) mass is 586 g/mol. The van der Waals surface area contributed by atoms with Crippen LogP contribution in [0.25, 0.3) is 0 Å². The van der Waals surface area contributed by atoms with Crippen LogP contribution in [0, 0.1) is 29.0 Å². The van der Waals surface area contributed by atoms with Gasteiger partial charge < -0.3 is 26.6 Å². The molecular weight excluding hydrogens is 551 g/mol. The highest BCUT2D eigenvalue weighted by Crippen LogP contribution is 2.57. The van der Waals surface area contributed by atoms with E-state index in [-0.39, 0.29) is 36.7 Å². The number of amides is 2. The van der Waals surface area contributed by atoms with Crippen LogP contribution in [0.15, 0.2) is 6.07 Å². The van der Waals surface area contributed by atoms with E-state index in [2.05, 4.69) is 10.6 Å². The van der Waals surface area contributed by atoms with Gasteiger partial charge in [0.15, 0.2) is 34.7 Å². The van der Waals surface area contributed by atoms with Crippen molar-refractivity contribution < 1.29 is 43.4 Å². The molecule has 0 bridgehead atoms. The van der Waals surface area contributed by atoms with E-state index in [1.165, 1.54) is 25.9 Å². The van der Waals surface area contributed by atoms with E-state index >= 15 is 4.39 Å². The third kappa shape index (κ3) is 4.36. The first-order valence-corrected chi connectivity index (χ1v) is 14.1. The fourth-order valence-electron chi connectivity index (χ4n) is 7.67. The van der Waals surface area contributed by atoms with Crippen molar-refractivity contribution in [2.24, 2.45) is 28.9 Å². The van der Waals surface area contributed by atoms with Crippen LogP contribution in [-0.2, 0) is 30.4 Å². The molecule has 1 aromatic carbocycles. The normalized spacial score (nSPS) is 32.9. The minimum absolute atomic E-state index is 0.0980. The van der Waals surface area contributed by atoms with E-state index in [0.29, 0.717) is 0 Å². The largest absolute Gasteiger partial charge is 0.505 e. The number of hydrogen-bond acceptors (Lipinski definition) is 10. The molecule has 1 aromatic rings. The molecule has 0 aromatic heterocycles. The van der Waals surface area contributed by atoms with Crippen molar-refractivity contribution in [2.75, 3.05) is 26.0 Å². The second-order valence-corrected chi connectivity index (χ2v) is 12.6. The molecule has 4 aliphatic carbocycles. The number of likely N-dealkylation sites (N-methyl/N-ethyl adjacent to an activating group) is 1. The summed E-state index contributed by atoms with van der Waals surface area (Å²) in [7, 11) is 2.96. The molecule has 0 heterocycles. The van der Waals surface area contributed by atoms with Crippen molar-refractivity contribution in [3.63, 3.8) is 0 Å². The summed E-state index contributed by atoms with van der Waals surface area (Å²) < 4.78 is 15.5. The highest BCUT2D eigenvalue weighted by atomic mass is 19.1. The van der Waals surface area contributed by atoms with Gasteiger partial charge in [-0.15, -0.1) is 0 Å². The number of carbonyl (C=O) groups is 6. The zero-order valence-corrected chi connectivity index (χ0v) is 23.7. The summed E-state index contributed by atoms with van der Waals surface area (Å²) in [6.07, 6.45) is 3.49. The summed E-state index contributed by atoms with van der Waals surface area (Å²) >= 11 is 0. The number of phenolic OH excluding ortho intramolecular Hbond substituents is 1. The highest BCUT2D eigenvalue weighted by molar-refractivity contribution is 6.32. The lowest BCUT2D eigenvalue weighted by molar-refractivity contribution is -0.185. The molecule has 0 radical (unpaired) electrons. The molecule has 3 fully saturated rings. The predicted octanol–water partition coefficient (Wildman–Crippen LogP) is -0.133. The molecule has 42 heavy (non-hydrogen) atoms. The van der Waals surface area contributed by atoms with Gasteiger partial charge in [-0.1, -0.05) is 19.8 Å². The number of anilines is 1. The number of benzene rings is 1. The number of hydrogen-bond donors (Lipinski definition) is 5. The average Bonchev–Trinajstić information content (AvgIpc) is 3.41. The molecule has 0 spiro atoms. The lowest BCUT2D eigenvalue weighted by Crippen LogP contribution is -2.75. The van der Waals surface area contributed by atoms with Gasteiger partial charge in [0.2, 0.25) is 11.8 Å². The Bertz CT molecular complexity index is 1420. The molecule has 6 N–H and O–H groups in total. The van der Waals surface area contributed by atoms with E-state index in [9.17, 15) is 39.0 Å². The van der Waals surface area contributed by atoms with Crippen molar-refractivity contribution in [1.82, 2.24) is 10.2 Å². The van der Waals surface area contributed by atoms with Gasteiger partial charge in [0.05, 0.1) is 29.8 Å². The summed E-state index contributed by atoms with van der Waals surface area (Å²) in [6.45, 7) is 1.43. The lowest BCUT2D eigenvalue weighted by Gasteiger charge is -2.56. The van der Waals surface area contributed by atoms with Gasteiger partial charge in [-0.2, -0.15) is 0 Å². The van der Waals surface area contributed by atoms with E-state index in [0.717, 1.165) is 31.7 Å². The van der Waals surface area contributed by atoms with Gasteiger partial charge in [0.1, 0.15) is 11.6 Å². The number of aromatic hydroxyl groups is 1. The Kier molecular flexibility index (Phi) is 7.35. The number of ketones is 4. The van der Waals surface area contributed by atoms with Crippen molar-refractivity contribution in [1.29, 1.82) is 0 Å². The maximum atomic E-state index is 15.5. The van der Waals surface area contributed by atoms with Gasteiger partial charge in [-0.3, -0.25) is 33.7 Å². The number of phenols is 1. The first kappa shape index (κ1) is 29.9. The van der Waals surface area contributed by atoms with Crippen LogP contribution in [0.1, 0.15) is 54.9 Å². The molecular formula is C29H35FN4O8. The molecule has 226 valence electrons. The Morgan fingerprint density at radius 2 is 1.79 bits per heavy atom. The van der Waals surface area contributed by atoms with Crippen LogP contribution in [0.2, 0.25) is 0 Å². The molecule has 3 saturated carbocycles. The van der Waals surface area contributed by atoms with Crippen molar-refractivity contribution in [3.05, 3.63) is 23.0 Å². The number of nitrogens with one attached hydrogen (secondary N) is 2. The molecule has 13 heteroatoms. The van der Waals surface area contributed by atoms with Crippen LogP contribution >= 0.6 is 0 Å². The summed E-state index contributed by atoms with van der Waals surface area (Å²) in [5, 5.41) is 28.3. The SMILES string of the molecule is CN(C)C1C(=O)C(C(N)=O)C(=O)C2(O)C(=O)C3C(=O)c4c(O)c(NC(=O)CNC5CCCC5)cc(F)c4CC3(C)CC12. The first-order chi connectivity index (χ1) is 19.6. The van der Waals surface area contributed by atoms with E-state index < -0.39 is 86.9 Å². The fourth-order valence-corrected chi connectivity index (χ4v) is 7.67. The number of rotatable bonds is 6. The molecule has 5 rings (SSSR count). The predicted molar refractivity (Wildman–Crippen MR) is 145 cm³/mol. The number of Topliss-reactive ketones (excluding diaryl/α,β-unsaturated/α-hetero) is 4. The lowest BCUT2D eigenvalue weighted by atomic mass is 9.47. The van der Waals surface area contributed by atoms with Crippen molar-refractivity contribution in [3.8, 4) is 5.75 Å². The zero-order chi connectivity index (χ0) is 30.9. The van der Waals surface area contributed by atoms with Gasteiger partial charge in [-0.05, 0) is 45.2 Å². The second-order valence-electron chi connectivity index (χ2n) is 12.6. The molecule has 6 atom stereocenters. The van der Waals surface area contributed by atoms with Crippen LogP contribution in [0.4, 0.5) is 10.1 Å².